The zero-order chi connectivity index (χ0) is 10.7. The van der Waals surface area contributed by atoms with Crippen LogP contribution in [-0.2, 0) is 0 Å². The van der Waals surface area contributed by atoms with Crippen molar-refractivity contribution in [3.8, 4) is 0 Å². The Morgan fingerprint density at radius 3 is 2.64 bits per heavy atom. The minimum Gasteiger partial charge on any atom is -0.376 e. The van der Waals surface area contributed by atoms with Crippen molar-refractivity contribution in [3.05, 3.63) is 11.2 Å². The first-order valence-electron chi connectivity index (χ1n) is 3.98. The van der Waals surface area contributed by atoms with Crippen molar-refractivity contribution in [1.82, 2.24) is 4.98 Å². The van der Waals surface area contributed by atoms with Crippen LogP contribution in [0.2, 0.25) is 5.15 Å². The van der Waals surface area contributed by atoms with Crippen LogP contribution in [0, 0.1) is 0 Å². The second-order valence-corrected chi connectivity index (χ2v) is 4.06. The smallest absolute Gasteiger partial charge is 0.132 e. The van der Waals surface area contributed by atoms with Gasteiger partial charge in [0.05, 0.1) is 5.69 Å². The van der Waals surface area contributed by atoms with E-state index in [2.05, 4.69) is 16.7 Å². The van der Waals surface area contributed by atoms with Crippen LogP contribution in [0.4, 0.5) is 11.4 Å². The molecule has 5 heteroatoms. The Labute approximate surface area is 93.2 Å². The first-order chi connectivity index (χ1) is 6.60. The van der Waals surface area contributed by atoms with E-state index in [0.29, 0.717) is 5.15 Å². The maximum Gasteiger partial charge on any atom is 0.132 e. The third kappa shape index (κ3) is 2.19. The number of hydrogen-bond donors (Lipinski definition) is 0. The molecule has 14 heavy (non-hydrogen) atoms. The maximum absolute atomic E-state index is 5.89. The third-order valence-corrected chi connectivity index (χ3v) is 2.61. The van der Waals surface area contributed by atoms with Gasteiger partial charge in [0.2, 0.25) is 0 Å². The fourth-order valence-electron chi connectivity index (χ4n) is 1.10. The number of pyridine rings is 1. The molecule has 0 amide bonds. The summed E-state index contributed by atoms with van der Waals surface area (Å²) in [5.41, 5.74) is 1.72. The van der Waals surface area contributed by atoms with Crippen molar-refractivity contribution < 1.29 is 0 Å². The van der Waals surface area contributed by atoms with E-state index in [1.165, 1.54) is 11.8 Å². The molecule has 0 aliphatic heterocycles. The Hall–Kier alpha value is -0.740. The molecular formula is C9H12ClN3S. The molecule has 0 radical (unpaired) electrons. The zero-order valence-electron chi connectivity index (χ0n) is 8.41. The van der Waals surface area contributed by atoms with Gasteiger partial charge < -0.3 is 4.90 Å². The van der Waals surface area contributed by atoms with Crippen LogP contribution in [0.5, 0.6) is 0 Å². The predicted octanol–water partition coefficient (Wildman–Crippen LogP) is 2.86. The lowest BCUT2D eigenvalue weighted by atomic mass is 10.3. The van der Waals surface area contributed by atoms with Gasteiger partial charge in [0.25, 0.3) is 0 Å². The van der Waals surface area contributed by atoms with Gasteiger partial charge in [-0.05, 0) is 13.0 Å². The van der Waals surface area contributed by atoms with Crippen LogP contribution < -0.4 is 4.90 Å². The molecule has 1 aromatic heterocycles. The van der Waals surface area contributed by atoms with Crippen molar-refractivity contribution in [3.63, 3.8) is 0 Å². The Morgan fingerprint density at radius 1 is 1.57 bits per heavy atom. The zero-order valence-corrected chi connectivity index (χ0v) is 9.98. The molecule has 0 N–H and O–H groups in total. The fraction of sp³-hybridized carbons (Fsp3) is 0.333. The Morgan fingerprint density at radius 2 is 2.21 bits per heavy atom. The van der Waals surface area contributed by atoms with Crippen molar-refractivity contribution in [2.24, 2.45) is 4.99 Å². The van der Waals surface area contributed by atoms with Gasteiger partial charge in [0.1, 0.15) is 15.9 Å². The standard InChI is InChI=1S/C9H12ClN3S/c1-11-8-6(13(2)3)5-7(10)12-9(8)14-4/h5H,1H2,2-4H3. The van der Waals surface area contributed by atoms with Crippen LogP contribution in [0.1, 0.15) is 0 Å². The van der Waals surface area contributed by atoms with Crippen LogP contribution >= 0.6 is 23.4 Å². The van der Waals surface area contributed by atoms with E-state index in [-0.39, 0.29) is 0 Å². The highest BCUT2D eigenvalue weighted by atomic mass is 35.5. The van der Waals surface area contributed by atoms with E-state index in [4.69, 9.17) is 11.6 Å². The van der Waals surface area contributed by atoms with E-state index in [9.17, 15) is 0 Å². The number of aromatic nitrogens is 1. The Bertz CT molecular complexity index is 352. The lowest BCUT2D eigenvalue weighted by Crippen LogP contribution is -2.09. The van der Waals surface area contributed by atoms with Gasteiger partial charge in [-0.15, -0.1) is 11.8 Å². The van der Waals surface area contributed by atoms with Crippen LogP contribution in [-0.4, -0.2) is 32.1 Å². The second kappa shape index (κ2) is 4.66. The molecule has 1 heterocycles. The number of hydrogen-bond acceptors (Lipinski definition) is 4. The molecule has 0 spiro atoms. The monoisotopic (exact) mass is 229 g/mol. The second-order valence-electron chi connectivity index (χ2n) is 2.87. The average Bonchev–Trinajstić information content (AvgIpc) is 2.16. The van der Waals surface area contributed by atoms with Crippen LogP contribution in [0.15, 0.2) is 16.1 Å². The summed E-state index contributed by atoms with van der Waals surface area (Å²) < 4.78 is 0. The Balaban J connectivity index is 3.39. The molecule has 0 atom stereocenters. The fourth-order valence-corrected chi connectivity index (χ4v) is 1.89. The minimum absolute atomic E-state index is 0.477. The molecule has 1 rings (SSSR count). The van der Waals surface area contributed by atoms with Crippen molar-refractivity contribution in [2.75, 3.05) is 25.3 Å². The van der Waals surface area contributed by atoms with Crippen molar-refractivity contribution in [1.29, 1.82) is 0 Å². The summed E-state index contributed by atoms with van der Waals surface area (Å²) in [4.78, 5) is 10.1. The number of anilines is 1. The lowest BCUT2D eigenvalue weighted by molar-refractivity contribution is 1.07. The van der Waals surface area contributed by atoms with Gasteiger partial charge in [-0.3, -0.25) is 4.99 Å². The number of thioether (sulfide) groups is 1. The van der Waals surface area contributed by atoms with Gasteiger partial charge in [-0.2, -0.15) is 0 Å². The molecule has 0 aliphatic carbocycles. The summed E-state index contributed by atoms with van der Waals surface area (Å²) in [7, 11) is 3.87. The molecule has 0 aliphatic rings. The molecule has 1 aromatic rings. The number of halogens is 1. The van der Waals surface area contributed by atoms with Gasteiger partial charge in [0, 0.05) is 20.2 Å². The van der Waals surface area contributed by atoms with Crippen LogP contribution in [0.25, 0.3) is 0 Å². The topological polar surface area (TPSA) is 28.5 Å². The molecule has 3 nitrogen and oxygen atoms in total. The van der Waals surface area contributed by atoms with Crippen molar-refractivity contribution >= 4 is 41.5 Å². The first kappa shape index (κ1) is 11.3. The van der Waals surface area contributed by atoms with Gasteiger partial charge in [-0.25, -0.2) is 4.98 Å². The molecule has 0 saturated heterocycles. The average molecular weight is 230 g/mol. The summed E-state index contributed by atoms with van der Waals surface area (Å²) >= 11 is 7.40. The number of nitrogens with zero attached hydrogens (tertiary/aromatic N) is 3. The normalized spacial score (nSPS) is 10.0. The largest absolute Gasteiger partial charge is 0.376 e. The Kier molecular flexibility index (Phi) is 3.77. The van der Waals surface area contributed by atoms with Gasteiger partial charge in [0.15, 0.2) is 0 Å². The van der Waals surface area contributed by atoms with E-state index >= 15 is 0 Å². The first-order valence-corrected chi connectivity index (χ1v) is 5.59. The lowest BCUT2D eigenvalue weighted by Gasteiger charge is -2.16. The third-order valence-electron chi connectivity index (χ3n) is 1.74. The molecule has 0 aromatic carbocycles. The van der Waals surface area contributed by atoms with Crippen molar-refractivity contribution in [2.45, 2.75) is 5.03 Å². The summed E-state index contributed by atoms with van der Waals surface area (Å²) in [5, 5.41) is 1.28. The SMILES string of the molecule is C=Nc1c(N(C)C)cc(Cl)nc1SC. The van der Waals surface area contributed by atoms with E-state index in [0.717, 1.165) is 16.4 Å². The van der Waals surface area contributed by atoms with E-state index in [1.54, 1.807) is 6.07 Å². The van der Waals surface area contributed by atoms with E-state index < -0.39 is 0 Å². The molecule has 0 unspecified atom stereocenters. The summed E-state index contributed by atoms with van der Waals surface area (Å²) in [6.45, 7) is 3.54. The van der Waals surface area contributed by atoms with E-state index in [1.807, 2.05) is 25.3 Å². The van der Waals surface area contributed by atoms with Crippen LogP contribution in [0.3, 0.4) is 0 Å². The molecule has 0 saturated carbocycles. The summed E-state index contributed by atoms with van der Waals surface area (Å²) in [5.74, 6) is 0. The molecule has 0 bridgehead atoms. The number of aliphatic imine (C=N–C) groups is 1. The highest BCUT2D eigenvalue weighted by Gasteiger charge is 2.11. The quantitative estimate of drug-likeness (QED) is 0.453. The van der Waals surface area contributed by atoms with Gasteiger partial charge >= 0.3 is 0 Å². The summed E-state index contributed by atoms with van der Waals surface area (Å²) in [6.07, 6.45) is 1.94. The molecular weight excluding hydrogens is 218 g/mol. The number of rotatable bonds is 3. The summed E-state index contributed by atoms with van der Waals surface area (Å²) in [6, 6.07) is 1.78. The predicted molar refractivity (Wildman–Crippen MR) is 64.6 cm³/mol. The van der Waals surface area contributed by atoms with Gasteiger partial charge in [-0.1, -0.05) is 11.6 Å². The maximum atomic E-state index is 5.89. The molecule has 0 fully saturated rings. The molecule has 76 valence electrons. The minimum atomic E-state index is 0.477. The highest BCUT2D eigenvalue weighted by molar-refractivity contribution is 7.98. The highest BCUT2D eigenvalue weighted by Crippen LogP contribution is 2.36.